The van der Waals surface area contributed by atoms with E-state index >= 15 is 0 Å². The summed E-state index contributed by atoms with van der Waals surface area (Å²) in [6.45, 7) is 5.20. The molecule has 0 radical (unpaired) electrons. The van der Waals surface area contributed by atoms with Gasteiger partial charge in [0.25, 0.3) is 0 Å². The maximum atomic E-state index is 5.63. The maximum absolute atomic E-state index is 5.63. The number of unbranched alkanes of at least 4 members (excludes halogenated alkanes) is 7. The lowest BCUT2D eigenvalue weighted by atomic mass is 10.1. The Hall–Kier alpha value is 0.830. The van der Waals surface area contributed by atoms with Gasteiger partial charge in [-0.15, -0.1) is 0 Å². The fourth-order valence-corrected chi connectivity index (χ4v) is 1.89. The smallest absolute Gasteiger partial charge is 0.190 e. The minimum absolute atomic E-state index is 0.686. The molecule has 18 heavy (non-hydrogen) atoms. The molecule has 0 unspecified atom stereocenters. The third-order valence-electron chi connectivity index (χ3n) is 2.62. The molecule has 2 N–H and O–H groups in total. The molecule has 112 valence electrons. The lowest BCUT2D eigenvalue weighted by molar-refractivity contribution is 0.578. The minimum Gasteiger partial charge on any atom is -0.330 e. The fraction of sp³-hybridized carbons (Fsp3) is 1.00. The van der Waals surface area contributed by atoms with E-state index in [2.05, 4.69) is 13.8 Å². The van der Waals surface area contributed by atoms with Gasteiger partial charge in [0, 0.05) is 0 Å². The number of nitrogens with two attached hydrogens (primary N) is 1. The molecule has 0 rings (SSSR count). The van der Waals surface area contributed by atoms with Crippen molar-refractivity contribution in [3.8, 4) is 0 Å². The van der Waals surface area contributed by atoms with Crippen LogP contribution in [0.2, 0.25) is 0 Å². The van der Waals surface area contributed by atoms with Gasteiger partial charge in [-0.2, -0.15) is 0 Å². The number of alkyl halides is 3. The van der Waals surface area contributed by atoms with Crippen molar-refractivity contribution in [3.05, 3.63) is 0 Å². The monoisotopic (exact) mass is 317 g/mol. The van der Waals surface area contributed by atoms with Crippen molar-refractivity contribution >= 4 is 34.8 Å². The first-order valence-corrected chi connectivity index (χ1v) is 8.38. The molecule has 0 aromatic rings. The molecule has 0 aromatic heterocycles. The molecule has 0 saturated heterocycles. The van der Waals surface area contributed by atoms with E-state index in [9.17, 15) is 0 Å². The molecule has 0 amide bonds. The van der Waals surface area contributed by atoms with Crippen molar-refractivity contribution in [1.29, 1.82) is 0 Å². The molecule has 0 heterocycles. The zero-order chi connectivity index (χ0) is 14.3. The van der Waals surface area contributed by atoms with Crippen LogP contribution in [0.15, 0.2) is 0 Å². The summed E-state index contributed by atoms with van der Waals surface area (Å²) in [5.41, 5.74) is 5.14. The van der Waals surface area contributed by atoms with Gasteiger partial charge in [0.2, 0.25) is 0 Å². The van der Waals surface area contributed by atoms with E-state index in [0.29, 0.717) is 6.42 Å². The summed E-state index contributed by atoms with van der Waals surface area (Å²) in [5, 5.41) is 0. The van der Waals surface area contributed by atoms with Crippen LogP contribution in [-0.4, -0.2) is 10.3 Å². The zero-order valence-electron chi connectivity index (χ0n) is 12.0. The maximum Gasteiger partial charge on any atom is 0.190 e. The van der Waals surface area contributed by atoms with Gasteiger partial charge in [0.05, 0.1) is 0 Å². The molecule has 1 nitrogen and oxygen atoms in total. The molecule has 0 bridgehead atoms. The van der Waals surface area contributed by atoms with Crippen molar-refractivity contribution in [1.82, 2.24) is 0 Å². The van der Waals surface area contributed by atoms with Crippen molar-refractivity contribution in [3.63, 3.8) is 0 Å². The van der Waals surface area contributed by atoms with E-state index in [4.69, 9.17) is 40.5 Å². The Morgan fingerprint density at radius 3 is 1.50 bits per heavy atom. The quantitative estimate of drug-likeness (QED) is 0.395. The van der Waals surface area contributed by atoms with E-state index in [-0.39, 0.29) is 0 Å². The van der Waals surface area contributed by atoms with Crippen molar-refractivity contribution in [2.75, 3.05) is 6.54 Å². The van der Waals surface area contributed by atoms with Gasteiger partial charge in [0.1, 0.15) is 0 Å². The minimum atomic E-state index is -1.04. The number of hydrogen-bond acceptors (Lipinski definition) is 1. The molecule has 0 spiro atoms. The molecule has 0 saturated carbocycles. The van der Waals surface area contributed by atoms with Crippen LogP contribution in [0.1, 0.15) is 78.1 Å². The first kappa shape index (κ1) is 21.1. The molecule has 0 aliphatic heterocycles. The standard InChI is InChI=1S/C10H19Cl3.C4H11N/c1-2-3-4-5-6-7-8-9-10(11,12)13;1-2-3-4-5/h2-9H2,1H3;2-5H2,1H3. The summed E-state index contributed by atoms with van der Waals surface area (Å²) in [4.78, 5) is 0. The van der Waals surface area contributed by atoms with Gasteiger partial charge in [-0.1, -0.05) is 93.6 Å². The van der Waals surface area contributed by atoms with Gasteiger partial charge in [-0.25, -0.2) is 0 Å². The molecule has 0 aromatic carbocycles. The number of halogens is 3. The molecule has 0 aliphatic rings. The number of hydrogen-bond donors (Lipinski definition) is 1. The average molecular weight is 319 g/mol. The fourth-order valence-electron chi connectivity index (χ4n) is 1.49. The van der Waals surface area contributed by atoms with Crippen molar-refractivity contribution in [2.24, 2.45) is 5.73 Å². The molecule has 0 fully saturated rings. The van der Waals surface area contributed by atoms with Gasteiger partial charge >= 0.3 is 0 Å². The van der Waals surface area contributed by atoms with Crippen LogP contribution in [0.3, 0.4) is 0 Å². The van der Waals surface area contributed by atoms with E-state index in [1.165, 1.54) is 51.4 Å². The summed E-state index contributed by atoms with van der Waals surface area (Å²) in [5.74, 6) is 0. The molecular weight excluding hydrogens is 289 g/mol. The third-order valence-corrected chi connectivity index (χ3v) is 3.19. The highest BCUT2D eigenvalue weighted by molar-refractivity contribution is 6.67. The largest absolute Gasteiger partial charge is 0.330 e. The van der Waals surface area contributed by atoms with Crippen LogP contribution < -0.4 is 5.73 Å². The van der Waals surface area contributed by atoms with E-state index in [1.54, 1.807) is 0 Å². The first-order chi connectivity index (χ1) is 8.47. The summed E-state index contributed by atoms with van der Waals surface area (Å²) < 4.78 is -1.04. The van der Waals surface area contributed by atoms with E-state index in [0.717, 1.165) is 13.0 Å². The average Bonchev–Trinajstić information content (AvgIpc) is 2.28. The molecule has 4 heteroatoms. The SMILES string of the molecule is CCCCCCCCCC(Cl)(Cl)Cl.CCCCN. The predicted octanol–water partition coefficient (Wildman–Crippen LogP) is 6.24. The summed E-state index contributed by atoms with van der Waals surface area (Å²) in [7, 11) is 0. The van der Waals surface area contributed by atoms with Crippen LogP contribution in [0, 0.1) is 0 Å². The Labute approximate surface area is 129 Å². The predicted molar refractivity (Wildman–Crippen MR) is 86.9 cm³/mol. The second kappa shape index (κ2) is 15.9. The Kier molecular flexibility index (Phi) is 18.7. The highest BCUT2D eigenvalue weighted by atomic mass is 35.6. The van der Waals surface area contributed by atoms with Gasteiger partial charge in [-0.3, -0.25) is 0 Å². The molecular formula is C14H30Cl3N. The second-order valence-corrected chi connectivity index (χ2v) is 7.14. The highest BCUT2D eigenvalue weighted by Crippen LogP contribution is 2.32. The van der Waals surface area contributed by atoms with E-state index < -0.39 is 3.79 Å². The highest BCUT2D eigenvalue weighted by Gasteiger charge is 2.17. The molecule has 0 aliphatic carbocycles. The number of rotatable bonds is 9. The topological polar surface area (TPSA) is 26.0 Å². The Bertz CT molecular complexity index is 144. The van der Waals surface area contributed by atoms with Crippen LogP contribution in [0.4, 0.5) is 0 Å². The second-order valence-electron chi connectivity index (χ2n) is 4.63. The third kappa shape index (κ3) is 25.6. The van der Waals surface area contributed by atoms with Crippen LogP contribution >= 0.6 is 34.8 Å². The Morgan fingerprint density at radius 1 is 0.722 bits per heavy atom. The Balaban J connectivity index is 0. The lowest BCUT2D eigenvalue weighted by Crippen LogP contribution is -2.00. The lowest BCUT2D eigenvalue weighted by Gasteiger charge is -2.09. The van der Waals surface area contributed by atoms with Crippen LogP contribution in [0.25, 0.3) is 0 Å². The van der Waals surface area contributed by atoms with Gasteiger partial charge < -0.3 is 5.73 Å². The van der Waals surface area contributed by atoms with Crippen LogP contribution in [-0.2, 0) is 0 Å². The zero-order valence-corrected chi connectivity index (χ0v) is 14.3. The summed E-state index contributed by atoms with van der Waals surface area (Å²) in [6.07, 6.45) is 11.9. The van der Waals surface area contributed by atoms with Crippen molar-refractivity contribution in [2.45, 2.75) is 81.8 Å². The van der Waals surface area contributed by atoms with E-state index in [1.807, 2.05) is 0 Å². The summed E-state index contributed by atoms with van der Waals surface area (Å²) >= 11 is 16.9. The normalized spacial score (nSPS) is 11.0. The van der Waals surface area contributed by atoms with Gasteiger partial charge in [0.15, 0.2) is 3.79 Å². The molecule has 0 atom stereocenters. The van der Waals surface area contributed by atoms with Crippen LogP contribution in [0.5, 0.6) is 0 Å². The first-order valence-electron chi connectivity index (χ1n) is 7.24. The van der Waals surface area contributed by atoms with Gasteiger partial charge in [-0.05, 0) is 25.8 Å². The van der Waals surface area contributed by atoms with Crippen molar-refractivity contribution < 1.29 is 0 Å². The Morgan fingerprint density at radius 2 is 1.17 bits per heavy atom. The summed E-state index contributed by atoms with van der Waals surface area (Å²) in [6, 6.07) is 0.